The van der Waals surface area contributed by atoms with Gasteiger partial charge in [-0.1, -0.05) is 0 Å². The van der Waals surface area contributed by atoms with Crippen molar-refractivity contribution in [3.05, 3.63) is 0 Å². The minimum Gasteiger partial charge on any atom is -0.871 e. The molecule has 3 N–H and O–H groups in total. The van der Waals surface area contributed by atoms with E-state index in [1.54, 1.807) is 0 Å². The van der Waals surface area contributed by atoms with Crippen LogP contribution < -0.4 is 10.0 Å². The minimum absolute atomic E-state index is 0. The fourth-order valence-electron chi connectivity index (χ4n) is 0. The first kappa shape index (κ1) is 16.2. The van der Waals surface area contributed by atoms with Crippen molar-refractivity contribution < 1.29 is 30.1 Å². The van der Waals surface area contributed by atoms with Crippen molar-refractivity contribution in [1.29, 1.82) is 0 Å². The van der Waals surface area contributed by atoms with Crippen LogP contribution in [0.1, 0.15) is 0 Å². The first-order valence-electron chi connectivity index (χ1n) is 1.38. The predicted octanol–water partition coefficient (Wildman–Crippen LogP) is -3.47. The van der Waals surface area contributed by atoms with Gasteiger partial charge in [-0.2, -0.15) is 0 Å². The summed E-state index contributed by atoms with van der Waals surface area (Å²) in [5.41, 5.74) is 0. The maximum atomic E-state index is 8.56. The van der Waals surface area contributed by atoms with Gasteiger partial charge in [0.25, 0.3) is 0 Å². The Morgan fingerprint density at radius 3 is 1.33 bits per heavy atom. The Morgan fingerprint density at radius 2 is 1.33 bits per heavy atom. The number of hydrogen-bond acceptors (Lipinski definition) is 4. The summed E-state index contributed by atoms with van der Waals surface area (Å²) in [6.07, 6.45) is -1.83. The minimum atomic E-state index is -2.67. The Labute approximate surface area is 80.9 Å². The molecule has 0 unspecified atom stereocenters. The van der Waals surface area contributed by atoms with Gasteiger partial charge in [-0.15, -0.1) is 0 Å². The smallest absolute Gasteiger partial charge is 0.871 e. The van der Waals surface area contributed by atoms with Crippen LogP contribution in [0.3, 0.4) is 0 Å². The van der Waals surface area contributed by atoms with Crippen LogP contribution in [0.25, 0.3) is 0 Å². The first-order chi connectivity index (χ1) is 3.46. The Hall–Kier alpha value is 0.475. The van der Waals surface area contributed by atoms with Crippen LogP contribution in [-0.4, -0.2) is 66.5 Å². The second-order valence-electron chi connectivity index (χ2n) is 0.590. The van der Waals surface area contributed by atoms with Gasteiger partial charge in [0.15, 0.2) is 0 Å². The molecule has 0 saturated heterocycles. The standard InChI is InChI=1S/CH2O3.BHO3.Ca/c2*2-1(3)4;/h(H2,2,3,4);2H;/q;-2;+2. The Kier molecular flexibility index (Phi) is 20.4. The van der Waals surface area contributed by atoms with Crippen LogP contribution in [-0.2, 0) is 0 Å². The monoisotopic (exact) mass is 162 g/mol. The van der Waals surface area contributed by atoms with Crippen LogP contribution in [0.4, 0.5) is 4.79 Å². The van der Waals surface area contributed by atoms with Crippen molar-refractivity contribution in [3.63, 3.8) is 0 Å². The van der Waals surface area contributed by atoms with E-state index in [1.165, 1.54) is 0 Å². The molecular formula is CH3BCaO6. The zero-order chi connectivity index (χ0) is 7.15. The molecule has 9 heavy (non-hydrogen) atoms. The van der Waals surface area contributed by atoms with Gasteiger partial charge in [0, 0.05) is 0 Å². The van der Waals surface area contributed by atoms with Gasteiger partial charge in [-0.05, 0) is 0 Å². The second kappa shape index (κ2) is 11.3. The summed E-state index contributed by atoms with van der Waals surface area (Å²) in [6, 6.07) is 0. The molecule has 0 aromatic carbocycles. The third-order valence-corrected chi connectivity index (χ3v) is 0. The summed E-state index contributed by atoms with van der Waals surface area (Å²) in [4.78, 5) is 8.56. The van der Waals surface area contributed by atoms with E-state index in [1.807, 2.05) is 0 Å². The Bertz CT molecular complexity index is 57.3. The van der Waals surface area contributed by atoms with Crippen LogP contribution in [0.5, 0.6) is 0 Å². The molecule has 0 amide bonds. The first-order valence-corrected chi connectivity index (χ1v) is 1.38. The molecular weight excluding hydrogens is 159 g/mol. The zero-order valence-electron chi connectivity index (χ0n) is 4.35. The van der Waals surface area contributed by atoms with Gasteiger partial charge in [-0.3, -0.25) is 0 Å². The predicted molar refractivity (Wildman–Crippen MR) is 24.4 cm³/mol. The summed E-state index contributed by atoms with van der Waals surface area (Å²) < 4.78 is 0. The summed E-state index contributed by atoms with van der Waals surface area (Å²) in [5, 5.41) is 37.9. The molecule has 0 aliphatic heterocycles. The summed E-state index contributed by atoms with van der Waals surface area (Å²) in [7, 11) is -2.67. The second-order valence-corrected chi connectivity index (χ2v) is 0.590. The molecule has 0 aliphatic rings. The van der Waals surface area contributed by atoms with Crippen LogP contribution in [0, 0.1) is 0 Å². The molecule has 0 spiro atoms. The van der Waals surface area contributed by atoms with Crippen molar-refractivity contribution in [1.82, 2.24) is 0 Å². The molecule has 0 atom stereocenters. The van der Waals surface area contributed by atoms with Crippen molar-refractivity contribution in [2.24, 2.45) is 0 Å². The molecule has 0 fully saturated rings. The maximum Gasteiger partial charge on any atom is 2.00 e. The van der Waals surface area contributed by atoms with Crippen molar-refractivity contribution in [2.45, 2.75) is 0 Å². The van der Waals surface area contributed by atoms with Gasteiger partial charge in [0.2, 0.25) is 0 Å². The third-order valence-electron chi connectivity index (χ3n) is 0. The topological polar surface area (TPSA) is 124 Å². The van der Waals surface area contributed by atoms with E-state index in [-0.39, 0.29) is 37.7 Å². The molecule has 0 rings (SSSR count). The van der Waals surface area contributed by atoms with E-state index in [0.29, 0.717) is 0 Å². The molecule has 0 heterocycles. The van der Waals surface area contributed by atoms with E-state index in [2.05, 4.69) is 0 Å². The largest absolute Gasteiger partial charge is 2.00 e. The van der Waals surface area contributed by atoms with E-state index in [4.69, 9.17) is 30.1 Å². The molecule has 0 saturated carbocycles. The number of carbonyl (C=O) groups is 1. The molecule has 48 valence electrons. The number of rotatable bonds is 0. The summed E-state index contributed by atoms with van der Waals surface area (Å²) >= 11 is 0. The Morgan fingerprint density at radius 1 is 1.33 bits per heavy atom. The van der Waals surface area contributed by atoms with Crippen LogP contribution in [0.15, 0.2) is 0 Å². The third kappa shape index (κ3) is 1580. The molecule has 0 radical (unpaired) electrons. The molecule has 6 nitrogen and oxygen atoms in total. The summed E-state index contributed by atoms with van der Waals surface area (Å²) in [5.74, 6) is 0. The van der Waals surface area contributed by atoms with E-state index in [0.717, 1.165) is 0 Å². The zero-order valence-corrected chi connectivity index (χ0v) is 6.56. The average molecular weight is 162 g/mol. The van der Waals surface area contributed by atoms with Crippen molar-refractivity contribution in [3.8, 4) is 0 Å². The molecule has 0 aromatic rings. The van der Waals surface area contributed by atoms with Crippen LogP contribution in [0.2, 0.25) is 0 Å². The van der Waals surface area contributed by atoms with Gasteiger partial charge in [0.1, 0.15) is 0 Å². The fourth-order valence-corrected chi connectivity index (χ4v) is 0. The van der Waals surface area contributed by atoms with Gasteiger partial charge >= 0.3 is 43.9 Å². The van der Waals surface area contributed by atoms with E-state index >= 15 is 0 Å². The number of carboxylic acid groups (broad SMARTS) is 2. The van der Waals surface area contributed by atoms with E-state index in [9.17, 15) is 0 Å². The normalized spacial score (nSPS) is 5.67. The average Bonchev–Trinajstić information content (AvgIpc) is 1.25. The molecule has 0 aliphatic carbocycles. The Balaban J connectivity index is -0.0000000720. The van der Waals surface area contributed by atoms with E-state index < -0.39 is 13.5 Å². The van der Waals surface area contributed by atoms with Gasteiger partial charge < -0.3 is 25.3 Å². The summed E-state index contributed by atoms with van der Waals surface area (Å²) in [6.45, 7) is 0. The number of hydrogen-bond donors (Lipinski definition) is 3. The maximum absolute atomic E-state index is 8.56. The molecule has 0 bridgehead atoms. The fraction of sp³-hybridized carbons (Fsp3) is 0. The van der Waals surface area contributed by atoms with Crippen LogP contribution >= 0.6 is 0 Å². The molecule has 0 aromatic heterocycles. The van der Waals surface area contributed by atoms with Gasteiger partial charge in [-0.25, -0.2) is 4.79 Å². The SMILES string of the molecule is O=C(O)O.[Ca+2].[O-]B([O-])O. The quantitative estimate of drug-likeness (QED) is 0.318. The van der Waals surface area contributed by atoms with Crippen molar-refractivity contribution in [2.75, 3.05) is 0 Å². The molecule has 8 heteroatoms. The van der Waals surface area contributed by atoms with Crippen molar-refractivity contribution >= 4 is 51.2 Å². The van der Waals surface area contributed by atoms with Gasteiger partial charge in [0.05, 0.1) is 7.32 Å².